The molecule has 0 radical (unpaired) electrons. The number of amides is 1. The first-order chi connectivity index (χ1) is 15.3. The van der Waals surface area contributed by atoms with Crippen LogP contribution in [0.3, 0.4) is 0 Å². The molecule has 1 unspecified atom stereocenters. The Morgan fingerprint density at radius 1 is 1.06 bits per heavy atom. The summed E-state index contributed by atoms with van der Waals surface area (Å²) >= 11 is 0. The summed E-state index contributed by atoms with van der Waals surface area (Å²) in [7, 11) is 1.50. The van der Waals surface area contributed by atoms with E-state index in [1.807, 2.05) is 0 Å². The van der Waals surface area contributed by atoms with Gasteiger partial charge < -0.3 is 19.8 Å². The maximum atomic E-state index is 13.3. The molecule has 168 valence electrons. The van der Waals surface area contributed by atoms with Crippen molar-refractivity contribution >= 4 is 23.4 Å². The van der Waals surface area contributed by atoms with E-state index in [0.717, 1.165) is 12.1 Å². The number of halogens is 1. The van der Waals surface area contributed by atoms with Gasteiger partial charge in [-0.1, -0.05) is 18.6 Å². The molecule has 2 N–H and O–H groups in total. The highest BCUT2D eigenvalue weighted by Crippen LogP contribution is 2.40. The highest BCUT2D eigenvalue weighted by atomic mass is 19.1. The van der Waals surface area contributed by atoms with Crippen LogP contribution in [0.5, 0.6) is 5.75 Å². The molecule has 0 spiro atoms. The van der Waals surface area contributed by atoms with E-state index in [0.29, 0.717) is 30.6 Å². The van der Waals surface area contributed by atoms with Crippen LogP contribution in [0, 0.1) is 5.82 Å². The summed E-state index contributed by atoms with van der Waals surface area (Å²) in [4.78, 5) is 37.9. The Morgan fingerprint density at radius 2 is 1.78 bits per heavy atom. The Labute approximate surface area is 184 Å². The molecule has 1 saturated heterocycles. The van der Waals surface area contributed by atoms with Crippen molar-refractivity contribution in [2.75, 3.05) is 13.7 Å². The number of carbonyl (C=O) groups excluding carboxylic acids is 2. The molecule has 1 atom stereocenters. The van der Waals surface area contributed by atoms with Gasteiger partial charge in [-0.2, -0.15) is 0 Å². The van der Waals surface area contributed by atoms with E-state index in [4.69, 9.17) is 9.84 Å². The van der Waals surface area contributed by atoms with Crippen molar-refractivity contribution in [3.8, 4) is 5.75 Å². The number of aliphatic hydroxyl groups excluding tert-OH is 1. The van der Waals surface area contributed by atoms with Crippen LogP contribution >= 0.6 is 0 Å². The number of carboxylic acids is 1. The molecule has 1 heterocycles. The molecule has 1 amide bonds. The number of nitrogens with zero attached hydrogens (tertiary/aromatic N) is 1. The van der Waals surface area contributed by atoms with Crippen LogP contribution in [-0.2, 0) is 14.4 Å². The van der Waals surface area contributed by atoms with Crippen LogP contribution in [0.2, 0.25) is 0 Å². The average Bonchev–Trinajstić information content (AvgIpc) is 3.03. The quantitative estimate of drug-likeness (QED) is 0.265. The summed E-state index contributed by atoms with van der Waals surface area (Å²) in [5, 5.41) is 19.7. The van der Waals surface area contributed by atoms with Crippen molar-refractivity contribution in [1.29, 1.82) is 0 Å². The minimum Gasteiger partial charge on any atom is -0.507 e. The molecule has 1 aliphatic rings. The zero-order valence-electron chi connectivity index (χ0n) is 17.6. The largest absolute Gasteiger partial charge is 0.507 e. The van der Waals surface area contributed by atoms with Gasteiger partial charge in [-0.05, 0) is 54.8 Å². The van der Waals surface area contributed by atoms with Gasteiger partial charge in [-0.15, -0.1) is 0 Å². The molecule has 0 aliphatic carbocycles. The van der Waals surface area contributed by atoms with Crippen LogP contribution < -0.4 is 4.74 Å². The number of hydrogen-bond donors (Lipinski definition) is 2. The Balaban J connectivity index is 1.99. The molecule has 0 bridgehead atoms. The number of aliphatic carboxylic acids is 1. The maximum Gasteiger partial charge on any atom is 0.303 e. The Morgan fingerprint density at radius 3 is 2.44 bits per heavy atom. The lowest BCUT2D eigenvalue weighted by molar-refractivity contribution is -0.140. The summed E-state index contributed by atoms with van der Waals surface area (Å²) in [6.45, 7) is 0.215. The number of hydrogen-bond acceptors (Lipinski definition) is 5. The number of ether oxygens (including phenoxy) is 1. The average molecular weight is 441 g/mol. The van der Waals surface area contributed by atoms with E-state index >= 15 is 0 Å². The molecule has 7 nitrogen and oxygen atoms in total. The van der Waals surface area contributed by atoms with Gasteiger partial charge >= 0.3 is 5.97 Å². The van der Waals surface area contributed by atoms with Gasteiger partial charge in [-0.3, -0.25) is 14.4 Å². The van der Waals surface area contributed by atoms with Gasteiger partial charge in [0.2, 0.25) is 0 Å². The molecular weight excluding hydrogens is 417 g/mol. The van der Waals surface area contributed by atoms with Crippen LogP contribution in [-0.4, -0.2) is 46.4 Å². The predicted octanol–water partition coefficient (Wildman–Crippen LogP) is 3.90. The molecule has 2 aromatic rings. The molecular formula is C24H24FNO6. The molecule has 0 saturated carbocycles. The summed E-state index contributed by atoms with van der Waals surface area (Å²) in [5.74, 6) is -2.82. The second-order valence-electron chi connectivity index (χ2n) is 7.48. The molecule has 0 aromatic heterocycles. The van der Waals surface area contributed by atoms with Gasteiger partial charge in [0.15, 0.2) is 0 Å². The Hall–Kier alpha value is -3.68. The van der Waals surface area contributed by atoms with Crippen molar-refractivity contribution < 1.29 is 33.7 Å². The van der Waals surface area contributed by atoms with Crippen molar-refractivity contribution in [2.24, 2.45) is 0 Å². The number of rotatable bonds is 9. The third-order valence-electron chi connectivity index (χ3n) is 5.36. The monoisotopic (exact) mass is 441 g/mol. The standard InChI is InChI=1S/C24H24FNO6/c1-32-18-7-5-6-16(14-18)21-20(22(29)15-9-11-17(25)12-10-15)23(30)24(31)26(21)13-4-2-3-8-19(27)28/h5-7,9-12,14,21,29H,2-4,8,13H2,1H3,(H,27,28)/b22-20-. The summed E-state index contributed by atoms with van der Waals surface area (Å²) < 4.78 is 18.6. The van der Waals surface area contributed by atoms with Gasteiger partial charge in [0.05, 0.1) is 18.7 Å². The summed E-state index contributed by atoms with van der Waals surface area (Å²) in [6, 6.07) is 11.0. The van der Waals surface area contributed by atoms with Gasteiger partial charge in [0.25, 0.3) is 11.7 Å². The molecule has 3 rings (SSSR count). The third-order valence-corrected chi connectivity index (χ3v) is 5.36. The number of carbonyl (C=O) groups is 3. The zero-order valence-corrected chi connectivity index (χ0v) is 17.6. The highest BCUT2D eigenvalue weighted by molar-refractivity contribution is 6.46. The summed E-state index contributed by atoms with van der Waals surface area (Å²) in [5.41, 5.74) is 0.719. The van der Waals surface area contributed by atoms with Gasteiger partial charge in [0, 0.05) is 18.5 Å². The maximum absolute atomic E-state index is 13.3. The first kappa shape index (κ1) is 23.0. The topological polar surface area (TPSA) is 104 Å². The number of Topliss-reactive ketones (excluding diaryl/α,β-unsaturated/α-hetero) is 1. The number of benzene rings is 2. The van der Waals surface area contributed by atoms with Gasteiger partial charge in [-0.25, -0.2) is 4.39 Å². The van der Waals surface area contributed by atoms with Crippen molar-refractivity contribution in [3.05, 3.63) is 71.0 Å². The minimum atomic E-state index is -0.888. The first-order valence-electron chi connectivity index (χ1n) is 10.2. The fourth-order valence-electron chi connectivity index (χ4n) is 3.77. The second-order valence-corrected chi connectivity index (χ2v) is 7.48. The number of unbranched alkanes of at least 4 members (excludes halogenated alkanes) is 2. The predicted molar refractivity (Wildman–Crippen MR) is 115 cm³/mol. The first-order valence-corrected chi connectivity index (χ1v) is 10.2. The normalized spacial score (nSPS) is 17.6. The van der Waals surface area contributed by atoms with E-state index in [1.165, 1.54) is 24.1 Å². The summed E-state index contributed by atoms with van der Waals surface area (Å²) in [6.07, 6.45) is 1.55. The molecule has 1 aliphatic heterocycles. The number of likely N-dealkylation sites (tertiary alicyclic amines) is 1. The molecule has 1 fully saturated rings. The fraction of sp³-hybridized carbons (Fsp3) is 0.292. The lowest BCUT2D eigenvalue weighted by Gasteiger charge is -2.25. The smallest absolute Gasteiger partial charge is 0.303 e. The Bertz CT molecular complexity index is 1050. The van der Waals surface area contributed by atoms with Crippen LogP contribution in [0.25, 0.3) is 5.76 Å². The molecule has 32 heavy (non-hydrogen) atoms. The SMILES string of the molecule is COc1cccc(C2/C(=C(/O)c3ccc(F)cc3)C(=O)C(=O)N2CCCCCC(=O)O)c1. The van der Waals surface area contributed by atoms with Crippen LogP contribution in [0.4, 0.5) is 4.39 Å². The minimum absolute atomic E-state index is 0.0305. The molecule has 2 aromatic carbocycles. The number of carboxylic acid groups (broad SMARTS) is 1. The fourth-order valence-corrected chi connectivity index (χ4v) is 3.77. The number of ketones is 1. The van der Waals surface area contributed by atoms with E-state index in [1.54, 1.807) is 24.3 Å². The number of aliphatic hydroxyl groups is 1. The zero-order chi connectivity index (χ0) is 23.3. The van der Waals surface area contributed by atoms with Crippen molar-refractivity contribution in [2.45, 2.75) is 31.7 Å². The lowest BCUT2D eigenvalue weighted by atomic mass is 9.95. The van der Waals surface area contributed by atoms with Crippen molar-refractivity contribution in [3.63, 3.8) is 0 Å². The van der Waals surface area contributed by atoms with Gasteiger partial charge in [0.1, 0.15) is 17.3 Å². The highest BCUT2D eigenvalue weighted by Gasteiger charge is 2.45. The van der Waals surface area contributed by atoms with E-state index < -0.39 is 29.5 Å². The van der Waals surface area contributed by atoms with E-state index in [2.05, 4.69) is 0 Å². The third kappa shape index (κ3) is 4.96. The lowest BCUT2D eigenvalue weighted by Crippen LogP contribution is -2.30. The number of methoxy groups -OCH3 is 1. The van der Waals surface area contributed by atoms with Crippen molar-refractivity contribution in [1.82, 2.24) is 4.90 Å². The van der Waals surface area contributed by atoms with Crippen LogP contribution in [0.15, 0.2) is 54.1 Å². The van der Waals surface area contributed by atoms with E-state index in [-0.39, 0.29) is 29.9 Å². The van der Waals surface area contributed by atoms with E-state index in [9.17, 15) is 23.9 Å². The van der Waals surface area contributed by atoms with Crippen LogP contribution in [0.1, 0.15) is 42.9 Å². The second kappa shape index (κ2) is 10.1. The Kier molecular flexibility index (Phi) is 7.25. The molecule has 8 heteroatoms.